The first-order chi connectivity index (χ1) is 6.56. The summed E-state index contributed by atoms with van der Waals surface area (Å²) in [5, 5.41) is 9.04. The Morgan fingerprint density at radius 3 is 2.36 bits per heavy atom. The van der Waals surface area contributed by atoms with Crippen molar-refractivity contribution in [2.45, 2.75) is 26.3 Å². The molecule has 4 nitrogen and oxygen atoms in total. The maximum absolute atomic E-state index is 11.0. The third-order valence-electron chi connectivity index (χ3n) is 3.18. The first-order valence-electron chi connectivity index (χ1n) is 5.23. The standard InChI is InChI=1S/C10H20N2O2/c1-7-5-12(6-8(7)2)9(3-4-11)10(13)14/h7-9H,3-6,11H2,1-2H3,(H,13,14). The smallest absolute Gasteiger partial charge is 0.320 e. The van der Waals surface area contributed by atoms with Crippen LogP contribution in [0.5, 0.6) is 0 Å². The van der Waals surface area contributed by atoms with Gasteiger partial charge in [0, 0.05) is 13.1 Å². The molecule has 0 amide bonds. The molecule has 3 atom stereocenters. The lowest BCUT2D eigenvalue weighted by atomic mass is 10.0. The highest BCUT2D eigenvalue weighted by Gasteiger charge is 2.33. The molecule has 0 aliphatic carbocycles. The molecular formula is C10H20N2O2. The third-order valence-corrected chi connectivity index (χ3v) is 3.18. The topological polar surface area (TPSA) is 66.6 Å². The lowest BCUT2D eigenvalue weighted by Crippen LogP contribution is -2.41. The molecule has 1 saturated heterocycles. The molecule has 1 fully saturated rings. The minimum absolute atomic E-state index is 0.382. The molecule has 1 aliphatic heterocycles. The van der Waals surface area contributed by atoms with Crippen LogP contribution in [0.15, 0.2) is 0 Å². The number of likely N-dealkylation sites (tertiary alicyclic amines) is 1. The van der Waals surface area contributed by atoms with Crippen LogP contribution in [0.4, 0.5) is 0 Å². The fourth-order valence-electron chi connectivity index (χ4n) is 2.05. The maximum Gasteiger partial charge on any atom is 0.320 e. The van der Waals surface area contributed by atoms with Crippen molar-refractivity contribution in [3.05, 3.63) is 0 Å². The molecule has 0 bridgehead atoms. The number of nitrogens with zero attached hydrogens (tertiary/aromatic N) is 1. The Labute approximate surface area is 85.1 Å². The quantitative estimate of drug-likeness (QED) is 0.688. The van der Waals surface area contributed by atoms with Crippen molar-refractivity contribution in [1.29, 1.82) is 0 Å². The summed E-state index contributed by atoms with van der Waals surface area (Å²) >= 11 is 0. The van der Waals surface area contributed by atoms with Gasteiger partial charge in [0.2, 0.25) is 0 Å². The molecule has 82 valence electrons. The van der Waals surface area contributed by atoms with E-state index in [1.54, 1.807) is 0 Å². The second kappa shape index (κ2) is 4.75. The van der Waals surface area contributed by atoms with Gasteiger partial charge in [-0.1, -0.05) is 13.8 Å². The van der Waals surface area contributed by atoms with E-state index in [0.29, 0.717) is 24.8 Å². The molecular weight excluding hydrogens is 180 g/mol. The van der Waals surface area contributed by atoms with Gasteiger partial charge in [-0.05, 0) is 24.8 Å². The summed E-state index contributed by atoms with van der Waals surface area (Å²) in [5.74, 6) is 0.445. The largest absolute Gasteiger partial charge is 0.480 e. The number of hydrogen-bond donors (Lipinski definition) is 2. The number of aliphatic carboxylic acids is 1. The van der Waals surface area contributed by atoms with E-state index in [2.05, 4.69) is 13.8 Å². The van der Waals surface area contributed by atoms with Gasteiger partial charge < -0.3 is 10.8 Å². The average molecular weight is 200 g/mol. The number of carboxylic acids is 1. The average Bonchev–Trinajstić information content (AvgIpc) is 2.42. The van der Waals surface area contributed by atoms with E-state index in [-0.39, 0.29) is 6.04 Å². The Morgan fingerprint density at radius 1 is 1.50 bits per heavy atom. The highest BCUT2D eigenvalue weighted by Crippen LogP contribution is 2.24. The van der Waals surface area contributed by atoms with E-state index >= 15 is 0 Å². The normalized spacial score (nSPS) is 30.5. The van der Waals surface area contributed by atoms with Crippen LogP contribution in [0.1, 0.15) is 20.3 Å². The Bertz CT molecular complexity index is 198. The molecule has 4 heteroatoms. The first kappa shape index (κ1) is 11.5. The van der Waals surface area contributed by atoms with Gasteiger partial charge in [-0.2, -0.15) is 0 Å². The molecule has 3 unspecified atom stereocenters. The van der Waals surface area contributed by atoms with Crippen LogP contribution >= 0.6 is 0 Å². The fourth-order valence-corrected chi connectivity index (χ4v) is 2.05. The van der Waals surface area contributed by atoms with E-state index < -0.39 is 5.97 Å². The Morgan fingerprint density at radius 2 is 2.00 bits per heavy atom. The SMILES string of the molecule is CC1CN(C(CCN)C(=O)O)CC1C. The van der Waals surface area contributed by atoms with Gasteiger partial charge >= 0.3 is 5.97 Å². The molecule has 14 heavy (non-hydrogen) atoms. The van der Waals surface area contributed by atoms with Crippen molar-refractivity contribution in [2.75, 3.05) is 19.6 Å². The van der Waals surface area contributed by atoms with Gasteiger partial charge in [-0.25, -0.2) is 0 Å². The summed E-state index contributed by atoms with van der Waals surface area (Å²) < 4.78 is 0. The number of carboxylic acid groups (broad SMARTS) is 1. The van der Waals surface area contributed by atoms with Crippen molar-refractivity contribution >= 4 is 5.97 Å². The van der Waals surface area contributed by atoms with Crippen molar-refractivity contribution < 1.29 is 9.90 Å². The monoisotopic (exact) mass is 200 g/mol. The van der Waals surface area contributed by atoms with E-state index in [0.717, 1.165) is 13.1 Å². The molecule has 0 saturated carbocycles. The summed E-state index contributed by atoms with van der Waals surface area (Å²) in [6, 6.07) is -0.382. The lowest BCUT2D eigenvalue weighted by molar-refractivity contribution is -0.143. The Kier molecular flexibility index (Phi) is 3.89. The van der Waals surface area contributed by atoms with Crippen LogP contribution in [0.3, 0.4) is 0 Å². The number of hydrogen-bond acceptors (Lipinski definition) is 3. The molecule has 3 N–H and O–H groups in total. The molecule has 1 heterocycles. The lowest BCUT2D eigenvalue weighted by Gasteiger charge is -2.23. The highest BCUT2D eigenvalue weighted by atomic mass is 16.4. The minimum atomic E-state index is -0.739. The van der Waals surface area contributed by atoms with Gasteiger partial charge in [-0.15, -0.1) is 0 Å². The van der Waals surface area contributed by atoms with E-state index in [1.165, 1.54) is 0 Å². The maximum atomic E-state index is 11.0. The summed E-state index contributed by atoms with van der Waals surface area (Å²) in [7, 11) is 0. The predicted molar refractivity (Wildman–Crippen MR) is 55.0 cm³/mol. The van der Waals surface area contributed by atoms with Crippen LogP contribution in [0.2, 0.25) is 0 Å². The zero-order valence-electron chi connectivity index (χ0n) is 8.94. The summed E-state index contributed by atoms with van der Waals surface area (Å²) in [6.07, 6.45) is 0.550. The van der Waals surface area contributed by atoms with Gasteiger partial charge in [0.15, 0.2) is 0 Å². The Hall–Kier alpha value is -0.610. The van der Waals surface area contributed by atoms with Crippen LogP contribution < -0.4 is 5.73 Å². The van der Waals surface area contributed by atoms with E-state index in [9.17, 15) is 4.79 Å². The van der Waals surface area contributed by atoms with E-state index in [1.807, 2.05) is 4.90 Å². The van der Waals surface area contributed by atoms with Gasteiger partial charge in [-0.3, -0.25) is 9.69 Å². The molecule has 1 aliphatic rings. The van der Waals surface area contributed by atoms with Gasteiger partial charge in [0.25, 0.3) is 0 Å². The van der Waals surface area contributed by atoms with Crippen molar-refractivity contribution in [3.63, 3.8) is 0 Å². The van der Waals surface area contributed by atoms with Crippen molar-refractivity contribution in [2.24, 2.45) is 17.6 Å². The van der Waals surface area contributed by atoms with Crippen molar-refractivity contribution in [3.8, 4) is 0 Å². The van der Waals surface area contributed by atoms with E-state index in [4.69, 9.17) is 10.8 Å². The second-order valence-electron chi connectivity index (χ2n) is 4.34. The molecule has 0 aromatic heterocycles. The highest BCUT2D eigenvalue weighted by molar-refractivity contribution is 5.73. The molecule has 0 spiro atoms. The summed E-state index contributed by atoms with van der Waals surface area (Å²) in [4.78, 5) is 13.0. The Balaban J connectivity index is 2.57. The van der Waals surface area contributed by atoms with Gasteiger partial charge in [0.05, 0.1) is 0 Å². The molecule has 0 aromatic carbocycles. The summed E-state index contributed by atoms with van der Waals surface area (Å²) in [6.45, 7) is 6.56. The van der Waals surface area contributed by atoms with Crippen LogP contribution in [0.25, 0.3) is 0 Å². The zero-order chi connectivity index (χ0) is 10.7. The van der Waals surface area contributed by atoms with Crippen LogP contribution in [0, 0.1) is 11.8 Å². The fraction of sp³-hybridized carbons (Fsp3) is 0.900. The molecule has 1 rings (SSSR count). The summed E-state index contributed by atoms with van der Waals surface area (Å²) in [5.41, 5.74) is 5.41. The number of carbonyl (C=O) groups is 1. The second-order valence-corrected chi connectivity index (χ2v) is 4.34. The molecule has 0 radical (unpaired) electrons. The number of rotatable bonds is 4. The van der Waals surface area contributed by atoms with Crippen LogP contribution in [-0.4, -0.2) is 41.7 Å². The van der Waals surface area contributed by atoms with Crippen LogP contribution in [-0.2, 0) is 4.79 Å². The van der Waals surface area contributed by atoms with Gasteiger partial charge in [0.1, 0.15) is 6.04 Å². The third kappa shape index (κ3) is 2.45. The minimum Gasteiger partial charge on any atom is -0.480 e. The van der Waals surface area contributed by atoms with Crippen molar-refractivity contribution in [1.82, 2.24) is 4.90 Å². The molecule has 0 aromatic rings. The predicted octanol–water partition coefficient (Wildman–Crippen LogP) is 0.376. The first-order valence-corrected chi connectivity index (χ1v) is 5.23. The zero-order valence-corrected chi connectivity index (χ0v) is 8.94. The number of nitrogens with two attached hydrogens (primary N) is 1.